The molecule has 2 N–H and O–H groups in total. The molecule has 4 aromatic carbocycles. The molecule has 0 spiro atoms. The Morgan fingerprint density at radius 3 is 2.34 bits per heavy atom. The Morgan fingerprint density at radius 1 is 0.943 bits per heavy atom. The minimum atomic E-state index is -1.09. The largest absolute Gasteiger partial charge is 0.480 e. The van der Waals surface area contributed by atoms with Crippen LogP contribution in [0.3, 0.4) is 0 Å². The van der Waals surface area contributed by atoms with Gasteiger partial charge in [0, 0.05) is 10.9 Å². The van der Waals surface area contributed by atoms with Crippen LogP contribution < -0.4 is 5.32 Å². The molecule has 1 atom stereocenters. The number of hydrogen-bond donors (Lipinski definition) is 2. The number of benzene rings is 4. The summed E-state index contributed by atoms with van der Waals surface area (Å²) in [6.07, 6.45) is 0. The van der Waals surface area contributed by atoms with Crippen LogP contribution in [0.4, 0.5) is 10.1 Å². The van der Waals surface area contributed by atoms with Crippen LogP contribution in [-0.2, 0) is 4.79 Å². The van der Waals surface area contributed by atoms with Crippen molar-refractivity contribution in [3.05, 3.63) is 96.3 Å². The number of carbonyl (C=O) groups is 1. The lowest BCUT2D eigenvalue weighted by atomic mass is 9.97. The Balaban J connectivity index is 1.62. The van der Waals surface area contributed by atoms with Crippen LogP contribution in [0, 0.1) is 17.1 Å². The molecule has 0 saturated carbocycles. The molecule has 0 aliphatic heterocycles. The molecule has 0 aliphatic rings. The van der Waals surface area contributed by atoms with E-state index in [1.165, 1.54) is 30.5 Å². The van der Waals surface area contributed by atoms with Crippen LogP contribution in [0.25, 0.3) is 44.1 Å². The normalized spacial score (nSPS) is 11.8. The quantitative estimate of drug-likeness (QED) is 0.307. The zero-order chi connectivity index (χ0) is 24.5. The maximum atomic E-state index is 14.0. The maximum absolute atomic E-state index is 14.0. The second kappa shape index (κ2) is 8.88. The number of nitriles is 1. The molecular weight excluding hydrogens is 441 g/mol. The molecule has 0 saturated heterocycles. The van der Waals surface area contributed by atoms with Crippen molar-refractivity contribution in [1.82, 2.24) is 4.98 Å². The Labute approximate surface area is 201 Å². The van der Waals surface area contributed by atoms with E-state index in [4.69, 9.17) is 0 Å². The zero-order valence-electron chi connectivity index (χ0n) is 18.8. The summed E-state index contributed by atoms with van der Waals surface area (Å²) in [7, 11) is 0. The van der Waals surface area contributed by atoms with Gasteiger partial charge in [0.25, 0.3) is 0 Å². The van der Waals surface area contributed by atoms with Crippen molar-refractivity contribution in [2.45, 2.75) is 13.0 Å². The first-order valence-corrected chi connectivity index (χ1v) is 11.1. The number of halogens is 1. The standard InChI is InChI=1S/C29H20FN3O2/c1-17(29(34)35)32-28-24-15-23(30)12-13-26(24)33-27(25(28)16-31)20-9-6-19(7-10-20)22-11-8-18-4-2-3-5-21(18)14-22/h2-15,17H,1H3,(H,32,33)(H,34,35). The van der Waals surface area contributed by atoms with Gasteiger partial charge in [-0.25, -0.2) is 9.37 Å². The summed E-state index contributed by atoms with van der Waals surface area (Å²) in [5.41, 5.74) is 4.04. The highest BCUT2D eigenvalue weighted by atomic mass is 19.1. The average Bonchev–Trinajstić information content (AvgIpc) is 2.88. The number of carboxylic acid groups (broad SMARTS) is 1. The van der Waals surface area contributed by atoms with E-state index >= 15 is 0 Å². The van der Waals surface area contributed by atoms with Crippen molar-refractivity contribution in [3.8, 4) is 28.5 Å². The molecule has 0 bridgehead atoms. The molecule has 5 aromatic rings. The maximum Gasteiger partial charge on any atom is 0.325 e. The Kier molecular flexibility index (Phi) is 5.60. The van der Waals surface area contributed by atoms with Crippen molar-refractivity contribution in [2.24, 2.45) is 0 Å². The van der Waals surface area contributed by atoms with Gasteiger partial charge in [-0.1, -0.05) is 60.7 Å². The SMILES string of the molecule is CC(Nc1c(C#N)c(-c2ccc(-c3ccc4ccccc4c3)cc2)nc2ccc(F)cc12)C(=O)O. The molecule has 0 radical (unpaired) electrons. The van der Waals surface area contributed by atoms with Gasteiger partial charge in [0.2, 0.25) is 0 Å². The van der Waals surface area contributed by atoms with Gasteiger partial charge in [0.1, 0.15) is 23.5 Å². The van der Waals surface area contributed by atoms with Gasteiger partial charge in [0.05, 0.1) is 16.9 Å². The second-order valence-corrected chi connectivity index (χ2v) is 8.33. The number of rotatable bonds is 5. The van der Waals surface area contributed by atoms with Crippen molar-refractivity contribution in [3.63, 3.8) is 0 Å². The topological polar surface area (TPSA) is 86.0 Å². The first-order chi connectivity index (χ1) is 16.9. The highest BCUT2D eigenvalue weighted by Crippen LogP contribution is 2.35. The fourth-order valence-electron chi connectivity index (χ4n) is 4.17. The molecule has 1 unspecified atom stereocenters. The molecule has 0 fully saturated rings. The number of aliphatic carboxylic acids is 1. The Morgan fingerprint density at radius 2 is 1.63 bits per heavy atom. The Hall–Kier alpha value is -4.76. The van der Waals surface area contributed by atoms with E-state index in [0.717, 1.165) is 16.5 Å². The number of hydrogen-bond acceptors (Lipinski definition) is 4. The summed E-state index contributed by atoms with van der Waals surface area (Å²) >= 11 is 0. The van der Waals surface area contributed by atoms with Gasteiger partial charge in [0.15, 0.2) is 0 Å². The summed E-state index contributed by atoms with van der Waals surface area (Å²) in [5.74, 6) is -1.58. The smallest absolute Gasteiger partial charge is 0.325 e. The van der Waals surface area contributed by atoms with Crippen molar-refractivity contribution in [2.75, 3.05) is 5.32 Å². The lowest BCUT2D eigenvalue weighted by Gasteiger charge is -2.17. The van der Waals surface area contributed by atoms with Gasteiger partial charge in [-0.3, -0.25) is 4.79 Å². The summed E-state index contributed by atoms with van der Waals surface area (Å²) in [5, 5.41) is 24.9. The van der Waals surface area contributed by atoms with Gasteiger partial charge in [-0.05, 0) is 53.1 Å². The predicted molar refractivity (Wildman–Crippen MR) is 136 cm³/mol. The fraction of sp³-hybridized carbons (Fsp3) is 0.0690. The predicted octanol–water partition coefficient (Wildman–Crippen LogP) is 6.62. The van der Waals surface area contributed by atoms with Crippen molar-refractivity contribution < 1.29 is 14.3 Å². The molecule has 0 amide bonds. The summed E-state index contributed by atoms with van der Waals surface area (Å²) < 4.78 is 14.0. The number of pyridine rings is 1. The summed E-state index contributed by atoms with van der Waals surface area (Å²) in [6, 6.07) is 27.3. The van der Waals surface area contributed by atoms with Gasteiger partial charge < -0.3 is 10.4 Å². The van der Waals surface area contributed by atoms with E-state index in [1.807, 2.05) is 36.4 Å². The van der Waals surface area contributed by atoms with E-state index in [1.54, 1.807) is 0 Å². The highest BCUT2D eigenvalue weighted by Gasteiger charge is 2.21. The molecule has 0 aliphatic carbocycles. The molecule has 5 nitrogen and oxygen atoms in total. The van der Waals surface area contributed by atoms with Gasteiger partial charge in [-0.15, -0.1) is 0 Å². The fourth-order valence-corrected chi connectivity index (χ4v) is 4.17. The average molecular weight is 461 g/mol. The van der Waals surface area contributed by atoms with E-state index in [9.17, 15) is 19.6 Å². The molecule has 35 heavy (non-hydrogen) atoms. The summed E-state index contributed by atoms with van der Waals surface area (Å²) in [6.45, 7) is 1.47. The van der Waals surface area contributed by atoms with E-state index in [0.29, 0.717) is 22.2 Å². The van der Waals surface area contributed by atoms with Crippen LogP contribution >= 0.6 is 0 Å². The van der Waals surface area contributed by atoms with Crippen LogP contribution in [0.15, 0.2) is 84.9 Å². The van der Waals surface area contributed by atoms with Crippen molar-refractivity contribution in [1.29, 1.82) is 5.26 Å². The van der Waals surface area contributed by atoms with Gasteiger partial charge in [-0.2, -0.15) is 5.26 Å². The van der Waals surface area contributed by atoms with Crippen LogP contribution in [0.2, 0.25) is 0 Å². The first kappa shape index (κ1) is 22.1. The van der Waals surface area contributed by atoms with Crippen LogP contribution in [-0.4, -0.2) is 22.1 Å². The lowest BCUT2D eigenvalue weighted by Crippen LogP contribution is -2.26. The van der Waals surface area contributed by atoms with Crippen molar-refractivity contribution >= 4 is 33.3 Å². The number of aromatic nitrogens is 1. The van der Waals surface area contributed by atoms with E-state index in [-0.39, 0.29) is 11.3 Å². The third kappa shape index (κ3) is 4.16. The molecule has 6 heteroatoms. The monoisotopic (exact) mass is 461 g/mol. The molecule has 1 heterocycles. The second-order valence-electron chi connectivity index (χ2n) is 8.33. The summed E-state index contributed by atoms with van der Waals surface area (Å²) in [4.78, 5) is 16.1. The molecule has 170 valence electrons. The third-order valence-electron chi connectivity index (χ3n) is 6.03. The minimum absolute atomic E-state index is 0.162. The van der Waals surface area contributed by atoms with E-state index < -0.39 is 17.8 Å². The zero-order valence-corrected chi connectivity index (χ0v) is 18.8. The van der Waals surface area contributed by atoms with Crippen LogP contribution in [0.5, 0.6) is 0 Å². The number of carboxylic acids is 1. The number of nitrogens with one attached hydrogen (secondary N) is 1. The van der Waals surface area contributed by atoms with E-state index in [2.05, 4.69) is 46.7 Å². The molecular formula is C29H20FN3O2. The lowest BCUT2D eigenvalue weighted by molar-refractivity contribution is -0.137. The number of anilines is 1. The third-order valence-corrected chi connectivity index (χ3v) is 6.03. The molecule has 1 aromatic heterocycles. The molecule has 5 rings (SSSR count). The first-order valence-electron chi connectivity index (χ1n) is 11.1. The highest BCUT2D eigenvalue weighted by molar-refractivity contribution is 5.99. The van der Waals surface area contributed by atoms with Crippen LogP contribution in [0.1, 0.15) is 12.5 Å². The Bertz CT molecular complexity index is 1640. The number of fused-ring (bicyclic) bond motifs is 2. The number of nitrogens with zero attached hydrogens (tertiary/aromatic N) is 2. The minimum Gasteiger partial charge on any atom is -0.480 e. The van der Waals surface area contributed by atoms with Gasteiger partial charge >= 0.3 is 5.97 Å².